The van der Waals surface area contributed by atoms with Crippen molar-refractivity contribution >= 4 is 11.3 Å². The van der Waals surface area contributed by atoms with Crippen molar-refractivity contribution in [1.82, 2.24) is 15.1 Å². The van der Waals surface area contributed by atoms with E-state index < -0.39 is 0 Å². The van der Waals surface area contributed by atoms with E-state index in [-0.39, 0.29) is 5.82 Å². The molecule has 2 aromatic heterocycles. The first-order chi connectivity index (χ1) is 10.2. The summed E-state index contributed by atoms with van der Waals surface area (Å²) in [6.45, 7) is 2.26. The van der Waals surface area contributed by atoms with Crippen molar-refractivity contribution < 1.29 is 8.91 Å². The molecule has 3 rings (SSSR count). The Balaban J connectivity index is 1.84. The first kappa shape index (κ1) is 13.8. The largest absolute Gasteiger partial charge is 0.333 e. The van der Waals surface area contributed by atoms with Crippen LogP contribution in [0.4, 0.5) is 4.39 Å². The molecule has 21 heavy (non-hydrogen) atoms. The van der Waals surface area contributed by atoms with Crippen LogP contribution >= 0.6 is 11.3 Å². The van der Waals surface area contributed by atoms with Crippen LogP contribution in [0.3, 0.4) is 0 Å². The minimum atomic E-state index is -0.276. The Labute approximate surface area is 124 Å². The predicted octanol–water partition coefficient (Wildman–Crippen LogP) is 2.69. The van der Waals surface area contributed by atoms with Gasteiger partial charge in [0.1, 0.15) is 15.7 Å². The molecular weight excluding hydrogens is 291 g/mol. The summed E-state index contributed by atoms with van der Waals surface area (Å²) in [5.74, 6) is 0.663. The summed E-state index contributed by atoms with van der Waals surface area (Å²) < 4.78 is 18.4. The molecule has 2 heterocycles. The maximum absolute atomic E-state index is 13.2. The van der Waals surface area contributed by atoms with Crippen LogP contribution in [0.15, 0.2) is 28.8 Å². The number of thiazole rings is 1. The van der Waals surface area contributed by atoms with Crippen LogP contribution < -0.4 is 5.73 Å². The highest BCUT2D eigenvalue weighted by molar-refractivity contribution is 7.15. The third-order valence-corrected chi connectivity index (χ3v) is 4.10. The van der Waals surface area contributed by atoms with Crippen molar-refractivity contribution in [2.45, 2.75) is 19.9 Å². The lowest BCUT2D eigenvalue weighted by Gasteiger charge is -1.95. The molecular formula is C14H13FN4OS. The Hall–Kier alpha value is -2.12. The molecule has 2 N–H and O–H groups in total. The van der Waals surface area contributed by atoms with E-state index in [1.165, 1.54) is 23.5 Å². The summed E-state index contributed by atoms with van der Waals surface area (Å²) in [6, 6.07) is 6.34. The van der Waals surface area contributed by atoms with E-state index in [9.17, 15) is 4.39 Å². The van der Waals surface area contributed by atoms with Gasteiger partial charge in [0.15, 0.2) is 5.82 Å². The fraction of sp³-hybridized carbons (Fsp3) is 0.214. The zero-order chi connectivity index (χ0) is 14.8. The lowest BCUT2D eigenvalue weighted by Crippen LogP contribution is -1.94. The van der Waals surface area contributed by atoms with E-state index in [0.717, 1.165) is 21.1 Å². The van der Waals surface area contributed by atoms with Crippen LogP contribution in [0, 0.1) is 12.7 Å². The molecule has 0 amide bonds. The lowest BCUT2D eigenvalue weighted by molar-refractivity contribution is 0.424. The monoisotopic (exact) mass is 304 g/mol. The van der Waals surface area contributed by atoms with Gasteiger partial charge in [-0.05, 0) is 24.6 Å². The van der Waals surface area contributed by atoms with E-state index in [0.29, 0.717) is 24.7 Å². The molecule has 1 aromatic carbocycles. The Morgan fingerprint density at radius 3 is 2.90 bits per heavy atom. The van der Waals surface area contributed by atoms with Crippen LogP contribution in [0.5, 0.6) is 0 Å². The van der Waals surface area contributed by atoms with Crippen molar-refractivity contribution in [2.24, 2.45) is 5.73 Å². The zero-order valence-corrected chi connectivity index (χ0v) is 12.2. The van der Waals surface area contributed by atoms with Crippen molar-refractivity contribution in [3.05, 3.63) is 52.2 Å². The Kier molecular flexibility index (Phi) is 3.76. The van der Waals surface area contributed by atoms with Crippen LogP contribution in [-0.2, 0) is 13.0 Å². The smallest absolute Gasteiger partial charge is 0.269 e. The van der Waals surface area contributed by atoms with Crippen LogP contribution in [0.1, 0.15) is 22.1 Å². The van der Waals surface area contributed by atoms with Gasteiger partial charge < -0.3 is 10.3 Å². The van der Waals surface area contributed by atoms with Crippen molar-refractivity contribution in [1.29, 1.82) is 0 Å². The standard InChI is InChI=1S/C14H13FN4OS/c1-8-13(21-12(7-16)17-8)14-18-11(19-20-14)6-9-3-2-4-10(15)5-9/h2-5H,6-7,16H2,1H3. The molecule has 0 aliphatic rings. The number of nitrogens with zero attached hydrogens (tertiary/aromatic N) is 3. The van der Waals surface area contributed by atoms with Gasteiger partial charge in [-0.2, -0.15) is 4.98 Å². The second kappa shape index (κ2) is 5.71. The fourth-order valence-electron chi connectivity index (χ4n) is 1.99. The molecule has 0 unspecified atom stereocenters. The van der Waals surface area contributed by atoms with Gasteiger partial charge in [0, 0.05) is 13.0 Å². The molecule has 0 bridgehead atoms. The molecule has 108 valence electrons. The molecule has 0 radical (unpaired) electrons. The highest BCUT2D eigenvalue weighted by Crippen LogP contribution is 2.28. The third kappa shape index (κ3) is 2.98. The Bertz CT molecular complexity index is 768. The summed E-state index contributed by atoms with van der Waals surface area (Å²) in [7, 11) is 0. The fourth-order valence-corrected chi connectivity index (χ4v) is 2.85. The second-order valence-corrected chi connectivity index (χ2v) is 5.63. The van der Waals surface area contributed by atoms with Gasteiger partial charge in [-0.15, -0.1) is 11.3 Å². The van der Waals surface area contributed by atoms with Crippen molar-refractivity contribution in [3.8, 4) is 10.8 Å². The first-order valence-electron chi connectivity index (χ1n) is 6.39. The normalized spacial score (nSPS) is 11.0. The van der Waals surface area contributed by atoms with Gasteiger partial charge in [-0.25, -0.2) is 9.37 Å². The predicted molar refractivity (Wildman–Crippen MR) is 77.2 cm³/mol. The summed E-state index contributed by atoms with van der Waals surface area (Å²) in [6.07, 6.45) is 0.420. The van der Waals surface area contributed by atoms with E-state index in [1.54, 1.807) is 6.07 Å². The summed E-state index contributed by atoms with van der Waals surface area (Å²) in [5, 5.41) is 4.76. The molecule has 0 aliphatic carbocycles. The number of aryl methyl sites for hydroxylation is 1. The molecule has 0 aliphatic heterocycles. The minimum absolute atomic E-state index is 0.276. The number of hydrogen-bond acceptors (Lipinski definition) is 6. The summed E-state index contributed by atoms with van der Waals surface area (Å²) in [5.41, 5.74) is 7.20. The average Bonchev–Trinajstić information content (AvgIpc) is 3.05. The van der Waals surface area contributed by atoms with Crippen LogP contribution in [0.2, 0.25) is 0 Å². The number of halogens is 1. The third-order valence-electron chi connectivity index (χ3n) is 2.93. The highest BCUT2D eigenvalue weighted by atomic mass is 32.1. The Morgan fingerprint density at radius 1 is 1.33 bits per heavy atom. The Morgan fingerprint density at radius 2 is 2.19 bits per heavy atom. The topological polar surface area (TPSA) is 77.8 Å². The van der Waals surface area contributed by atoms with Crippen molar-refractivity contribution in [3.63, 3.8) is 0 Å². The maximum atomic E-state index is 13.2. The summed E-state index contributed by atoms with van der Waals surface area (Å²) in [4.78, 5) is 9.50. The highest BCUT2D eigenvalue weighted by Gasteiger charge is 2.16. The van der Waals surface area contributed by atoms with Crippen LogP contribution in [0.25, 0.3) is 10.8 Å². The number of nitrogens with two attached hydrogens (primary N) is 1. The minimum Gasteiger partial charge on any atom is -0.333 e. The van der Waals surface area contributed by atoms with Gasteiger partial charge in [-0.1, -0.05) is 17.3 Å². The zero-order valence-electron chi connectivity index (χ0n) is 11.3. The van der Waals surface area contributed by atoms with Crippen LogP contribution in [-0.4, -0.2) is 15.1 Å². The maximum Gasteiger partial charge on any atom is 0.269 e. The molecule has 7 heteroatoms. The quantitative estimate of drug-likeness (QED) is 0.802. The molecule has 0 fully saturated rings. The van der Waals surface area contributed by atoms with E-state index in [1.807, 2.05) is 13.0 Å². The average molecular weight is 304 g/mol. The molecule has 3 aromatic rings. The van der Waals surface area contributed by atoms with Gasteiger partial charge in [0.25, 0.3) is 5.89 Å². The second-order valence-electron chi connectivity index (χ2n) is 4.55. The molecule has 0 saturated carbocycles. The number of benzene rings is 1. The number of rotatable bonds is 4. The molecule has 0 saturated heterocycles. The van der Waals surface area contributed by atoms with E-state index in [4.69, 9.17) is 10.3 Å². The van der Waals surface area contributed by atoms with E-state index >= 15 is 0 Å². The molecule has 0 atom stereocenters. The number of aromatic nitrogens is 3. The lowest BCUT2D eigenvalue weighted by atomic mass is 10.1. The molecule has 0 spiro atoms. The van der Waals surface area contributed by atoms with Crippen molar-refractivity contribution in [2.75, 3.05) is 0 Å². The van der Waals surface area contributed by atoms with Gasteiger partial charge in [0.2, 0.25) is 0 Å². The SMILES string of the molecule is Cc1nc(CN)sc1-c1nc(Cc2cccc(F)c2)no1. The first-order valence-corrected chi connectivity index (χ1v) is 7.21. The van der Waals surface area contributed by atoms with Gasteiger partial charge in [-0.3, -0.25) is 0 Å². The van der Waals surface area contributed by atoms with E-state index in [2.05, 4.69) is 15.1 Å². The van der Waals surface area contributed by atoms with Gasteiger partial charge >= 0.3 is 0 Å². The summed E-state index contributed by atoms with van der Waals surface area (Å²) >= 11 is 1.44. The van der Waals surface area contributed by atoms with Gasteiger partial charge in [0.05, 0.1) is 5.69 Å². The molecule has 5 nitrogen and oxygen atoms in total. The number of hydrogen-bond donors (Lipinski definition) is 1.